The number of nitrogens with zero attached hydrogens (tertiary/aromatic N) is 3. The minimum absolute atomic E-state index is 0.138. The molecule has 0 aromatic heterocycles. The molecule has 0 heterocycles. The lowest BCUT2D eigenvalue weighted by Gasteiger charge is -2.01. The molecule has 1 N–H and O–H groups in total. The summed E-state index contributed by atoms with van der Waals surface area (Å²) in [6.45, 7) is 5.33. The molecule has 0 saturated heterocycles. The molecule has 0 aliphatic rings. The van der Waals surface area contributed by atoms with Crippen LogP contribution in [-0.2, 0) is 4.79 Å². The summed E-state index contributed by atoms with van der Waals surface area (Å²) in [6.07, 6.45) is 2.90. The topological polar surface area (TPSA) is 77.6 Å². The van der Waals surface area contributed by atoms with Gasteiger partial charge in [0.25, 0.3) is 0 Å². The molecular weight excluding hydrogens is 180 g/mol. The van der Waals surface area contributed by atoms with E-state index in [-0.39, 0.29) is 12.3 Å². The molecule has 74 valence electrons. The molecule has 0 rings (SSSR count). The number of carbonyl (C=O) groups excluding carboxylic acids is 1. The Bertz CT molecular complexity index is 298. The zero-order valence-electron chi connectivity index (χ0n) is 8.03. The van der Waals surface area contributed by atoms with E-state index in [0.717, 1.165) is 0 Å². The van der Waals surface area contributed by atoms with E-state index in [1.165, 1.54) is 6.34 Å². The van der Waals surface area contributed by atoms with Crippen LogP contribution in [0.2, 0.25) is 0 Å². The van der Waals surface area contributed by atoms with E-state index in [9.17, 15) is 4.79 Å². The minimum Gasteiger partial charge on any atom is -0.350 e. The van der Waals surface area contributed by atoms with E-state index in [1.807, 2.05) is 0 Å². The summed E-state index contributed by atoms with van der Waals surface area (Å²) in [6, 6.07) is 1.75. The molecule has 0 aliphatic heterocycles. The molecule has 0 aliphatic carbocycles. The van der Waals surface area contributed by atoms with Gasteiger partial charge in [-0.25, -0.2) is 4.99 Å². The first-order valence-electron chi connectivity index (χ1n) is 4.01. The highest BCUT2D eigenvalue weighted by atomic mass is 16.1. The smallest absolute Gasteiger partial charge is 0.234 e. The highest BCUT2D eigenvalue weighted by Crippen LogP contribution is 1.93. The van der Waals surface area contributed by atoms with E-state index in [2.05, 4.69) is 22.0 Å². The van der Waals surface area contributed by atoms with Gasteiger partial charge in [0, 0.05) is 0 Å². The number of amides is 1. The van der Waals surface area contributed by atoms with Gasteiger partial charge >= 0.3 is 0 Å². The standard InChI is InChI=1S/C9H12N4O/c1-3-8(13-7-11-2)6-12-9(14)4-5-10/h3,7H,2,4,6H2,1H3,(H,12,14)/b8-3-,13-7-. The summed E-state index contributed by atoms with van der Waals surface area (Å²) >= 11 is 0. The van der Waals surface area contributed by atoms with Crippen molar-refractivity contribution in [3.05, 3.63) is 11.8 Å². The number of nitriles is 1. The first kappa shape index (κ1) is 12.0. The Labute approximate surface area is 82.9 Å². The predicted octanol–water partition coefficient (Wildman–Crippen LogP) is 0.649. The number of rotatable bonds is 5. The quantitative estimate of drug-likeness (QED) is 0.512. The Hall–Kier alpha value is -1.96. The van der Waals surface area contributed by atoms with E-state index in [1.54, 1.807) is 19.1 Å². The average Bonchev–Trinajstić information content (AvgIpc) is 2.19. The second kappa shape index (κ2) is 7.68. The molecule has 0 fully saturated rings. The van der Waals surface area contributed by atoms with Gasteiger partial charge in [-0.15, -0.1) is 0 Å². The van der Waals surface area contributed by atoms with Crippen molar-refractivity contribution in [1.82, 2.24) is 5.32 Å². The SMILES string of the molecule is C=N/C=N\C(=C/C)CNC(=O)CC#N. The van der Waals surface area contributed by atoms with Crippen LogP contribution >= 0.6 is 0 Å². The van der Waals surface area contributed by atoms with Gasteiger partial charge in [0.1, 0.15) is 12.8 Å². The maximum atomic E-state index is 10.9. The molecule has 5 heteroatoms. The maximum absolute atomic E-state index is 10.9. The van der Waals surface area contributed by atoms with Gasteiger partial charge in [0.15, 0.2) is 0 Å². The largest absolute Gasteiger partial charge is 0.350 e. The lowest BCUT2D eigenvalue weighted by molar-refractivity contribution is -0.119. The molecule has 0 atom stereocenters. The molecule has 0 unspecified atom stereocenters. The van der Waals surface area contributed by atoms with Crippen molar-refractivity contribution in [1.29, 1.82) is 5.26 Å². The fourth-order valence-electron chi connectivity index (χ4n) is 0.661. The van der Waals surface area contributed by atoms with E-state index in [4.69, 9.17) is 5.26 Å². The summed E-state index contributed by atoms with van der Waals surface area (Å²) in [5.41, 5.74) is 0.670. The average molecular weight is 192 g/mol. The zero-order chi connectivity index (χ0) is 10.8. The summed E-state index contributed by atoms with van der Waals surface area (Å²) in [4.78, 5) is 18.2. The third-order valence-electron chi connectivity index (χ3n) is 1.34. The Morgan fingerprint density at radius 2 is 2.43 bits per heavy atom. The second-order valence-corrected chi connectivity index (χ2v) is 2.32. The number of nitrogens with one attached hydrogen (secondary N) is 1. The van der Waals surface area contributed by atoms with Crippen molar-refractivity contribution < 1.29 is 4.79 Å². The van der Waals surface area contributed by atoms with Crippen molar-refractivity contribution in [2.24, 2.45) is 9.98 Å². The highest BCUT2D eigenvalue weighted by Gasteiger charge is 1.99. The van der Waals surface area contributed by atoms with Gasteiger partial charge in [0.05, 0.1) is 18.3 Å². The van der Waals surface area contributed by atoms with Crippen LogP contribution in [0.1, 0.15) is 13.3 Å². The second-order valence-electron chi connectivity index (χ2n) is 2.32. The fraction of sp³-hybridized carbons (Fsp3) is 0.333. The zero-order valence-corrected chi connectivity index (χ0v) is 8.03. The van der Waals surface area contributed by atoms with Crippen LogP contribution in [-0.4, -0.2) is 25.5 Å². The first-order chi connectivity index (χ1) is 6.74. The molecule has 0 aromatic rings. The molecule has 0 aromatic carbocycles. The fourth-order valence-corrected chi connectivity index (χ4v) is 0.661. The van der Waals surface area contributed by atoms with Gasteiger partial charge in [-0.3, -0.25) is 9.79 Å². The Balaban J connectivity index is 3.98. The van der Waals surface area contributed by atoms with Crippen LogP contribution in [0.4, 0.5) is 0 Å². The Morgan fingerprint density at radius 3 is 2.93 bits per heavy atom. The normalized spacial score (nSPS) is 11.0. The highest BCUT2D eigenvalue weighted by molar-refractivity contribution is 5.78. The van der Waals surface area contributed by atoms with Gasteiger partial charge < -0.3 is 5.32 Å². The van der Waals surface area contributed by atoms with Crippen molar-refractivity contribution in [3.63, 3.8) is 0 Å². The van der Waals surface area contributed by atoms with Crippen molar-refractivity contribution in [3.8, 4) is 6.07 Å². The Kier molecular flexibility index (Phi) is 6.60. The molecule has 5 nitrogen and oxygen atoms in total. The molecule has 0 spiro atoms. The van der Waals surface area contributed by atoms with E-state index in [0.29, 0.717) is 12.2 Å². The molecular formula is C9H12N4O. The Morgan fingerprint density at radius 1 is 1.71 bits per heavy atom. The third kappa shape index (κ3) is 5.66. The minimum atomic E-state index is -0.311. The monoisotopic (exact) mass is 192 g/mol. The van der Waals surface area contributed by atoms with Gasteiger partial charge in [0.2, 0.25) is 5.91 Å². The van der Waals surface area contributed by atoms with Crippen molar-refractivity contribution in [2.45, 2.75) is 13.3 Å². The third-order valence-corrected chi connectivity index (χ3v) is 1.34. The molecule has 0 saturated carbocycles. The summed E-state index contributed by atoms with van der Waals surface area (Å²) in [7, 11) is 0. The molecule has 0 bridgehead atoms. The van der Waals surface area contributed by atoms with Crippen LogP contribution in [0.15, 0.2) is 21.8 Å². The summed E-state index contributed by atoms with van der Waals surface area (Å²) in [5, 5.41) is 10.8. The molecule has 0 radical (unpaired) electrons. The predicted molar refractivity (Wildman–Crippen MR) is 55.0 cm³/mol. The lowest BCUT2D eigenvalue weighted by Crippen LogP contribution is -2.24. The number of carbonyl (C=O) groups is 1. The summed E-state index contributed by atoms with van der Waals surface area (Å²) < 4.78 is 0. The van der Waals surface area contributed by atoms with Crippen LogP contribution in [0.3, 0.4) is 0 Å². The van der Waals surface area contributed by atoms with E-state index >= 15 is 0 Å². The number of hydrogen-bond acceptors (Lipinski definition) is 3. The van der Waals surface area contributed by atoms with Crippen LogP contribution in [0.25, 0.3) is 0 Å². The van der Waals surface area contributed by atoms with Crippen LogP contribution in [0.5, 0.6) is 0 Å². The van der Waals surface area contributed by atoms with Gasteiger partial charge in [-0.05, 0) is 13.6 Å². The maximum Gasteiger partial charge on any atom is 0.234 e. The number of allylic oxidation sites excluding steroid dienone is 1. The van der Waals surface area contributed by atoms with Crippen LogP contribution in [0, 0.1) is 11.3 Å². The summed E-state index contributed by atoms with van der Waals surface area (Å²) in [5.74, 6) is -0.311. The molecule has 14 heavy (non-hydrogen) atoms. The van der Waals surface area contributed by atoms with Crippen LogP contribution < -0.4 is 5.32 Å². The van der Waals surface area contributed by atoms with Gasteiger partial charge in [-0.2, -0.15) is 5.26 Å². The lowest BCUT2D eigenvalue weighted by atomic mass is 10.4. The van der Waals surface area contributed by atoms with Crippen molar-refractivity contribution in [2.75, 3.05) is 6.54 Å². The van der Waals surface area contributed by atoms with Gasteiger partial charge in [-0.1, -0.05) is 6.08 Å². The first-order valence-corrected chi connectivity index (χ1v) is 4.01. The van der Waals surface area contributed by atoms with Crippen molar-refractivity contribution >= 4 is 19.0 Å². The number of aliphatic imine (C=N–C) groups is 2. The van der Waals surface area contributed by atoms with E-state index < -0.39 is 0 Å². The molecule has 1 amide bonds. The number of hydrogen-bond donors (Lipinski definition) is 1.